The van der Waals surface area contributed by atoms with Crippen LogP contribution in [0.15, 0.2) is 18.2 Å². The topological polar surface area (TPSA) is 15.3 Å². The lowest BCUT2D eigenvalue weighted by Gasteiger charge is -2.28. The van der Waals surface area contributed by atoms with Gasteiger partial charge in [-0.3, -0.25) is 0 Å². The largest absolute Gasteiger partial charge is 0.366 e. The third-order valence-corrected chi connectivity index (χ3v) is 5.08. The highest BCUT2D eigenvalue weighted by atomic mass is 15.2. The maximum Gasteiger partial charge on any atom is 0.0451 e. The van der Waals surface area contributed by atoms with Crippen LogP contribution in [0.1, 0.15) is 43.7 Å². The molecule has 0 aromatic heterocycles. The Bertz CT molecular complexity index is 492. The summed E-state index contributed by atoms with van der Waals surface area (Å²) < 4.78 is 0. The van der Waals surface area contributed by atoms with Gasteiger partial charge in [-0.1, -0.05) is 32.0 Å². The molecule has 3 aliphatic rings. The van der Waals surface area contributed by atoms with Crippen LogP contribution >= 0.6 is 0 Å². The highest BCUT2D eigenvalue weighted by molar-refractivity contribution is 5.67. The zero-order valence-electron chi connectivity index (χ0n) is 11.4. The summed E-state index contributed by atoms with van der Waals surface area (Å²) in [4.78, 5) is 2.71. The molecule has 96 valence electrons. The Labute approximate surface area is 109 Å². The molecule has 1 N–H and O–H groups in total. The van der Waals surface area contributed by atoms with Gasteiger partial charge in [0.2, 0.25) is 0 Å². The van der Waals surface area contributed by atoms with Crippen LogP contribution in [0.3, 0.4) is 0 Å². The van der Waals surface area contributed by atoms with Crippen molar-refractivity contribution in [1.29, 1.82) is 0 Å². The lowest BCUT2D eigenvalue weighted by Crippen LogP contribution is -2.35. The molecule has 2 heteroatoms. The van der Waals surface area contributed by atoms with E-state index in [-0.39, 0.29) is 0 Å². The average Bonchev–Trinajstić information content (AvgIpc) is 2.68. The molecular weight excluding hydrogens is 220 g/mol. The van der Waals surface area contributed by atoms with E-state index in [2.05, 4.69) is 42.3 Å². The number of hydrogen-bond donors (Lipinski definition) is 1. The van der Waals surface area contributed by atoms with Crippen molar-refractivity contribution in [1.82, 2.24) is 5.32 Å². The highest BCUT2D eigenvalue weighted by Gasteiger charge is 2.48. The van der Waals surface area contributed by atoms with Gasteiger partial charge in [-0.25, -0.2) is 0 Å². The van der Waals surface area contributed by atoms with Crippen molar-refractivity contribution in [2.75, 3.05) is 18.0 Å². The van der Waals surface area contributed by atoms with E-state index in [0.717, 1.165) is 25.0 Å². The van der Waals surface area contributed by atoms with E-state index in [0.29, 0.717) is 5.41 Å². The number of nitrogens with one attached hydrogen (secondary N) is 1. The molecule has 2 atom stereocenters. The lowest BCUT2D eigenvalue weighted by molar-refractivity contribution is 0.368. The van der Waals surface area contributed by atoms with Crippen LogP contribution in [0.25, 0.3) is 0 Å². The predicted molar refractivity (Wildman–Crippen MR) is 75.0 cm³/mol. The predicted octanol–water partition coefficient (Wildman–Crippen LogP) is 2.88. The summed E-state index contributed by atoms with van der Waals surface area (Å²) >= 11 is 0. The van der Waals surface area contributed by atoms with Crippen molar-refractivity contribution in [2.45, 2.75) is 45.2 Å². The third kappa shape index (κ3) is 1.38. The van der Waals surface area contributed by atoms with Crippen LogP contribution < -0.4 is 10.2 Å². The second-order valence-corrected chi connectivity index (χ2v) is 6.97. The molecule has 0 unspecified atom stereocenters. The van der Waals surface area contributed by atoms with E-state index in [1.807, 2.05) is 0 Å². The first-order valence-corrected chi connectivity index (χ1v) is 7.25. The van der Waals surface area contributed by atoms with E-state index in [9.17, 15) is 0 Å². The zero-order chi connectivity index (χ0) is 12.3. The quantitative estimate of drug-likeness (QED) is 0.752. The van der Waals surface area contributed by atoms with E-state index >= 15 is 0 Å². The molecule has 0 radical (unpaired) electrons. The molecule has 1 saturated carbocycles. The first kappa shape index (κ1) is 10.9. The minimum Gasteiger partial charge on any atom is -0.366 e. The second-order valence-electron chi connectivity index (χ2n) is 6.97. The summed E-state index contributed by atoms with van der Waals surface area (Å²) in [6, 6.07) is 7.70. The summed E-state index contributed by atoms with van der Waals surface area (Å²) in [7, 11) is 0. The molecule has 1 aliphatic carbocycles. The molecule has 18 heavy (non-hydrogen) atoms. The zero-order valence-corrected chi connectivity index (χ0v) is 11.4. The SMILES string of the molecule is CC1(C)C[C@H]2c3cccc4c3N(CCNC4)[C@H]2C1. The van der Waals surface area contributed by atoms with Crippen LogP contribution in [-0.2, 0) is 6.54 Å². The van der Waals surface area contributed by atoms with E-state index in [1.54, 1.807) is 11.3 Å². The molecule has 0 amide bonds. The number of benzene rings is 1. The van der Waals surface area contributed by atoms with Crippen molar-refractivity contribution in [3.63, 3.8) is 0 Å². The van der Waals surface area contributed by atoms with Crippen LogP contribution in [0.4, 0.5) is 5.69 Å². The van der Waals surface area contributed by atoms with Crippen molar-refractivity contribution >= 4 is 5.69 Å². The van der Waals surface area contributed by atoms with Gasteiger partial charge in [-0.05, 0) is 29.4 Å². The molecule has 2 heterocycles. The van der Waals surface area contributed by atoms with Crippen molar-refractivity contribution in [3.05, 3.63) is 29.3 Å². The first-order valence-electron chi connectivity index (χ1n) is 7.25. The maximum atomic E-state index is 3.55. The monoisotopic (exact) mass is 242 g/mol. The standard InChI is InChI=1S/C16H22N2/c1-16(2)8-13-12-5-3-4-11-10-17-6-7-18(15(11)12)14(13)9-16/h3-5,13-14,17H,6-10H2,1-2H3/t13-,14-/m0/s1. The fourth-order valence-corrected chi connectivity index (χ4v) is 4.44. The minimum absolute atomic E-state index is 0.517. The third-order valence-electron chi connectivity index (χ3n) is 5.08. The average molecular weight is 242 g/mol. The first-order chi connectivity index (χ1) is 8.66. The molecule has 4 rings (SSSR count). The van der Waals surface area contributed by atoms with Crippen LogP contribution in [0.2, 0.25) is 0 Å². The van der Waals surface area contributed by atoms with E-state index in [1.165, 1.54) is 24.9 Å². The van der Waals surface area contributed by atoms with Crippen molar-refractivity contribution < 1.29 is 0 Å². The van der Waals surface area contributed by atoms with E-state index in [4.69, 9.17) is 0 Å². The van der Waals surface area contributed by atoms with Crippen molar-refractivity contribution in [3.8, 4) is 0 Å². The lowest BCUT2D eigenvalue weighted by atomic mass is 9.88. The number of nitrogens with zero attached hydrogens (tertiary/aromatic N) is 1. The Kier molecular flexibility index (Phi) is 2.12. The Morgan fingerprint density at radius 3 is 3.06 bits per heavy atom. The number of rotatable bonds is 0. The summed E-state index contributed by atoms with van der Waals surface area (Å²) in [6.45, 7) is 8.22. The smallest absolute Gasteiger partial charge is 0.0451 e. The summed E-state index contributed by atoms with van der Waals surface area (Å²) in [5.41, 5.74) is 5.24. The number of anilines is 1. The maximum absolute atomic E-state index is 3.55. The molecule has 0 spiro atoms. The Morgan fingerprint density at radius 1 is 1.28 bits per heavy atom. The Hall–Kier alpha value is -1.02. The van der Waals surface area contributed by atoms with Gasteiger partial charge in [-0.15, -0.1) is 0 Å². The summed E-state index contributed by atoms with van der Waals surface area (Å²) in [5.74, 6) is 0.785. The summed E-state index contributed by atoms with van der Waals surface area (Å²) in [6.07, 6.45) is 2.71. The molecule has 1 aromatic carbocycles. The normalized spacial score (nSPS) is 32.0. The molecule has 1 aromatic rings. The van der Waals surface area contributed by atoms with Crippen molar-refractivity contribution in [2.24, 2.45) is 5.41 Å². The van der Waals surface area contributed by atoms with Gasteiger partial charge in [0.05, 0.1) is 0 Å². The molecule has 1 fully saturated rings. The molecule has 2 aliphatic heterocycles. The minimum atomic E-state index is 0.517. The fourth-order valence-electron chi connectivity index (χ4n) is 4.44. The molecule has 0 bridgehead atoms. The molecule has 0 saturated heterocycles. The highest BCUT2D eigenvalue weighted by Crippen LogP contribution is 2.56. The molecular formula is C16H22N2. The van der Waals surface area contributed by atoms with Gasteiger partial charge in [-0.2, -0.15) is 0 Å². The Morgan fingerprint density at radius 2 is 2.17 bits per heavy atom. The van der Waals surface area contributed by atoms with Crippen LogP contribution in [0, 0.1) is 5.41 Å². The molecule has 2 nitrogen and oxygen atoms in total. The van der Waals surface area contributed by atoms with Gasteiger partial charge in [0.1, 0.15) is 0 Å². The van der Waals surface area contributed by atoms with Crippen LogP contribution in [0.5, 0.6) is 0 Å². The van der Waals surface area contributed by atoms with Gasteiger partial charge in [0, 0.05) is 37.3 Å². The van der Waals surface area contributed by atoms with Gasteiger partial charge in [0.15, 0.2) is 0 Å². The summed E-state index contributed by atoms with van der Waals surface area (Å²) in [5, 5.41) is 3.55. The fraction of sp³-hybridized carbons (Fsp3) is 0.625. The van der Waals surface area contributed by atoms with E-state index < -0.39 is 0 Å². The van der Waals surface area contributed by atoms with Gasteiger partial charge in [0.25, 0.3) is 0 Å². The Balaban J connectivity index is 1.86. The van der Waals surface area contributed by atoms with Gasteiger partial charge < -0.3 is 10.2 Å². The number of fused-ring (bicyclic) bond motifs is 3. The van der Waals surface area contributed by atoms with Gasteiger partial charge >= 0.3 is 0 Å². The number of para-hydroxylation sites is 1. The van der Waals surface area contributed by atoms with Crippen LogP contribution in [-0.4, -0.2) is 19.1 Å². The number of hydrogen-bond acceptors (Lipinski definition) is 2. The second kappa shape index (κ2) is 3.51.